The Labute approximate surface area is 148 Å². The van der Waals surface area contributed by atoms with Crippen molar-refractivity contribution in [1.29, 1.82) is 0 Å². The Morgan fingerprint density at radius 3 is 2.36 bits per heavy atom. The Kier molecular flexibility index (Phi) is 10.4. The van der Waals surface area contributed by atoms with E-state index in [1.165, 1.54) is 0 Å². The summed E-state index contributed by atoms with van der Waals surface area (Å²) in [6, 6.07) is 9.35. The minimum Gasteiger partial charge on any atom is -0.490 e. The Morgan fingerprint density at radius 1 is 1.08 bits per heavy atom. The van der Waals surface area contributed by atoms with Gasteiger partial charge in [0.25, 0.3) is 0 Å². The van der Waals surface area contributed by atoms with Crippen molar-refractivity contribution in [2.24, 2.45) is 0 Å². The third-order valence-corrected chi connectivity index (χ3v) is 3.11. The van der Waals surface area contributed by atoms with Gasteiger partial charge in [0.15, 0.2) is 0 Å². The van der Waals surface area contributed by atoms with Crippen LogP contribution in [0.5, 0.6) is 5.75 Å². The molecule has 1 atom stereocenters. The summed E-state index contributed by atoms with van der Waals surface area (Å²) in [5, 5.41) is 0. The summed E-state index contributed by atoms with van der Waals surface area (Å²) in [4.78, 5) is 21.2. The quantitative estimate of drug-likeness (QED) is 0.409. The number of carbonyl (C=O) groups is 2. The summed E-state index contributed by atoms with van der Waals surface area (Å²) in [5.74, 6) is -0.0377. The van der Waals surface area contributed by atoms with Gasteiger partial charge in [0.1, 0.15) is 25.6 Å². The lowest BCUT2D eigenvalue weighted by atomic mass is 10.2. The van der Waals surface area contributed by atoms with E-state index in [4.69, 9.17) is 18.9 Å². The van der Waals surface area contributed by atoms with Crippen LogP contribution in [0.1, 0.15) is 12.8 Å². The van der Waals surface area contributed by atoms with Gasteiger partial charge in [-0.05, 0) is 25.0 Å². The van der Waals surface area contributed by atoms with E-state index in [0.29, 0.717) is 13.2 Å². The first-order valence-electron chi connectivity index (χ1n) is 8.03. The van der Waals surface area contributed by atoms with Gasteiger partial charge < -0.3 is 18.9 Å². The van der Waals surface area contributed by atoms with Crippen LogP contribution in [0.4, 0.5) is 0 Å². The number of hydrogen-bond donors (Lipinski definition) is 0. The molecule has 1 aromatic rings. The molecule has 136 valence electrons. The maximum Gasteiger partial charge on any atom is 0.330 e. The summed E-state index contributed by atoms with van der Waals surface area (Å²) >= 11 is 0. The highest BCUT2D eigenvalue weighted by molar-refractivity contribution is 5.81. The number of para-hydroxylation sites is 1. The molecule has 0 aromatic heterocycles. The van der Waals surface area contributed by atoms with Crippen molar-refractivity contribution >= 4 is 11.9 Å². The van der Waals surface area contributed by atoms with Crippen LogP contribution in [0.25, 0.3) is 0 Å². The van der Waals surface area contributed by atoms with E-state index in [-0.39, 0.29) is 18.7 Å². The molecular weight excluding hydrogens is 324 g/mol. The van der Waals surface area contributed by atoms with Crippen LogP contribution in [-0.4, -0.2) is 44.5 Å². The third-order valence-electron chi connectivity index (χ3n) is 3.11. The summed E-state index contributed by atoms with van der Waals surface area (Å²) in [5.41, 5.74) is 0. The van der Waals surface area contributed by atoms with Gasteiger partial charge >= 0.3 is 11.9 Å². The van der Waals surface area contributed by atoms with Crippen molar-refractivity contribution in [3.05, 3.63) is 55.6 Å². The van der Waals surface area contributed by atoms with Crippen LogP contribution >= 0.6 is 0 Å². The first-order valence-corrected chi connectivity index (χ1v) is 8.03. The fourth-order valence-corrected chi connectivity index (χ4v) is 1.89. The van der Waals surface area contributed by atoms with Crippen LogP contribution in [-0.2, 0) is 23.8 Å². The average molecular weight is 348 g/mol. The van der Waals surface area contributed by atoms with Gasteiger partial charge in [-0.25, -0.2) is 9.59 Å². The lowest BCUT2D eigenvalue weighted by Crippen LogP contribution is -2.16. The standard InChI is InChI=1S/C11H12O3.C8H12O3/c1-2-11(12)14-9-8-13-10-6-4-3-5-7-10;1-2-8(9)11-6-7-4-3-5-10-7/h2-7H,1,8-9H2;2,7H,1,3-6H2. The fourth-order valence-electron chi connectivity index (χ4n) is 1.89. The molecule has 2 rings (SSSR count). The highest BCUT2D eigenvalue weighted by atomic mass is 16.6. The Hall–Kier alpha value is -2.60. The van der Waals surface area contributed by atoms with E-state index < -0.39 is 5.97 Å². The highest BCUT2D eigenvalue weighted by Gasteiger charge is 2.16. The van der Waals surface area contributed by atoms with E-state index in [1.807, 2.05) is 30.3 Å². The molecule has 25 heavy (non-hydrogen) atoms. The molecule has 1 saturated heterocycles. The molecule has 0 radical (unpaired) electrons. The molecule has 1 fully saturated rings. The molecule has 6 heteroatoms. The van der Waals surface area contributed by atoms with Crippen LogP contribution < -0.4 is 4.74 Å². The van der Waals surface area contributed by atoms with Crippen LogP contribution in [0.2, 0.25) is 0 Å². The zero-order valence-corrected chi connectivity index (χ0v) is 14.2. The molecule has 0 spiro atoms. The number of ether oxygens (including phenoxy) is 4. The first-order chi connectivity index (χ1) is 12.2. The largest absolute Gasteiger partial charge is 0.490 e. The molecule has 0 aliphatic carbocycles. The van der Waals surface area contributed by atoms with E-state index in [0.717, 1.165) is 37.4 Å². The number of rotatable bonds is 8. The summed E-state index contributed by atoms with van der Waals surface area (Å²) in [7, 11) is 0. The maximum absolute atomic E-state index is 10.6. The second kappa shape index (κ2) is 12.8. The Balaban J connectivity index is 0.000000257. The molecule has 1 aliphatic heterocycles. The maximum atomic E-state index is 10.6. The first kappa shape index (κ1) is 20.4. The number of carbonyl (C=O) groups excluding carboxylic acids is 2. The topological polar surface area (TPSA) is 71.1 Å². The molecule has 1 unspecified atom stereocenters. The zero-order valence-electron chi connectivity index (χ0n) is 14.2. The van der Waals surface area contributed by atoms with E-state index in [9.17, 15) is 9.59 Å². The van der Waals surface area contributed by atoms with Crippen LogP contribution in [0.3, 0.4) is 0 Å². The smallest absolute Gasteiger partial charge is 0.330 e. The molecule has 0 amide bonds. The monoisotopic (exact) mass is 348 g/mol. The van der Waals surface area contributed by atoms with Gasteiger partial charge in [-0.1, -0.05) is 31.4 Å². The Bertz CT molecular complexity index is 534. The predicted octanol–water partition coefficient (Wildman–Crippen LogP) is 2.69. The lowest BCUT2D eigenvalue weighted by Gasteiger charge is -2.07. The van der Waals surface area contributed by atoms with Crippen molar-refractivity contribution in [1.82, 2.24) is 0 Å². The SMILES string of the molecule is C=CC(=O)OCC1CCCO1.C=CC(=O)OCCOc1ccccc1. The lowest BCUT2D eigenvalue weighted by molar-refractivity contribution is -0.141. The minimum atomic E-state index is -0.429. The van der Waals surface area contributed by atoms with Gasteiger partial charge in [0, 0.05) is 18.8 Å². The number of hydrogen-bond acceptors (Lipinski definition) is 6. The molecule has 6 nitrogen and oxygen atoms in total. The zero-order chi connectivity index (χ0) is 18.3. The van der Waals surface area contributed by atoms with Crippen molar-refractivity contribution in [2.45, 2.75) is 18.9 Å². The second-order valence-electron chi connectivity index (χ2n) is 5.00. The number of benzene rings is 1. The van der Waals surface area contributed by atoms with E-state index in [2.05, 4.69) is 13.2 Å². The van der Waals surface area contributed by atoms with Crippen LogP contribution in [0.15, 0.2) is 55.6 Å². The average Bonchev–Trinajstić information content (AvgIpc) is 3.18. The summed E-state index contributed by atoms with van der Waals surface area (Å²) in [6.45, 7) is 8.31. The minimum absolute atomic E-state index is 0.110. The van der Waals surface area contributed by atoms with Gasteiger partial charge in [-0.2, -0.15) is 0 Å². The molecule has 1 aliphatic rings. The van der Waals surface area contributed by atoms with E-state index in [1.54, 1.807) is 0 Å². The number of esters is 2. The van der Waals surface area contributed by atoms with E-state index >= 15 is 0 Å². The van der Waals surface area contributed by atoms with Crippen molar-refractivity contribution < 1.29 is 28.5 Å². The van der Waals surface area contributed by atoms with Gasteiger partial charge in [0.2, 0.25) is 0 Å². The highest BCUT2D eigenvalue weighted by Crippen LogP contribution is 2.11. The second-order valence-corrected chi connectivity index (χ2v) is 5.00. The molecule has 0 saturated carbocycles. The molecule has 1 heterocycles. The molecule has 0 bridgehead atoms. The van der Waals surface area contributed by atoms with Crippen molar-refractivity contribution in [3.63, 3.8) is 0 Å². The third kappa shape index (κ3) is 9.99. The van der Waals surface area contributed by atoms with Crippen LogP contribution in [0, 0.1) is 0 Å². The Morgan fingerprint density at radius 2 is 1.76 bits per heavy atom. The molecular formula is C19H24O6. The predicted molar refractivity (Wildman–Crippen MR) is 93.2 cm³/mol. The summed E-state index contributed by atoms with van der Waals surface area (Å²) < 4.78 is 20.0. The molecule has 1 aromatic carbocycles. The molecule has 0 N–H and O–H groups in total. The van der Waals surface area contributed by atoms with Crippen molar-refractivity contribution in [3.8, 4) is 5.75 Å². The summed E-state index contributed by atoms with van der Waals surface area (Å²) in [6.07, 6.45) is 4.46. The van der Waals surface area contributed by atoms with Crippen molar-refractivity contribution in [2.75, 3.05) is 26.4 Å². The van der Waals surface area contributed by atoms with Gasteiger partial charge in [0.05, 0.1) is 6.10 Å². The normalized spacial score (nSPS) is 15.3. The van der Waals surface area contributed by atoms with Gasteiger partial charge in [-0.3, -0.25) is 0 Å². The fraction of sp³-hybridized carbons (Fsp3) is 0.368. The van der Waals surface area contributed by atoms with Gasteiger partial charge in [-0.15, -0.1) is 0 Å².